The van der Waals surface area contributed by atoms with Crippen molar-refractivity contribution in [2.75, 3.05) is 0 Å². The maximum atomic E-state index is 6.11. The van der Waals surface area contributed by atoms with E-state index >= 15 is 0 Å². The van der Waals surface area contributed by atoms with E-state index in [0.717, 1.165) is 16.4 Å². The molecule has 1 aliphatic carbocycles. The van der Waals surface area contributed by atoms with Crippen LogP contribution in [0.1, 0.15) is 43.0 Å². The number of rotatable bonds is 2. The molecule has 0 bridgehead atoms. The van der Waals surface area contributed by atoms with E-state index in [0.29, 0.717) is 16.9 Å². The Morgan fingerprint density at radius 2 is 2.00 bits per heavy atom. The molecular weight excluding hydrogens is 266 g/mol. The second-order valence-electron chi connectivity index (χ2n) is 4.71. The molecule has 3 nitrogen and oxygen atoms in total. The zero-order chi connectivity index (χ0) is 12.5. The molecule has 94 valence electrons. The van der Waals surface area contributed by atoms with Crippen LogP contribution in [0.25, 0.3) is 10.8 Å². The number of hydrogen-bond donors (Lipinski definition) is 0. The van der Waals surface area contributed by atoms with Gasteiger partial charge in [0, 0.05) is 22.7 Å². The summed E-state index contributed by atoms with van der Waals surface area (Å²) in [6, 6.07) is 1.90. The van der Waals surface area contributed by atoms with Crippen molar-refractivity contribution in [3.8, 4) is 10.8 Å². The molecule has 2 aromatic heterocycles. The zero-order valence-electron chi connectivity index (χ0n) is 10.2. The Morgan fingerprint density at radius 1 is 1.22 bits per heavy atom. The molecule has 2 aromatic rings. The number of aromatic nitrogens is 3. The first-order chi connectivity index (χ1) is 8.72. The Hall–Kier alpha value is -1.00. The second kappa shape index (κ2) is 4.94. The Kier molecular flexibility index (Phi) is 3.31. The van der Waals surface area contributed by atoms with Crippen molar-refractivity contribution in [3.05, 3.63) is 28.0 Å². The van der Waals surface area contributed by atoms with Gasteiger partial charge in [0.1, 0.15) is 5.15 Å². The standard InChI is InChI=1S/C13H14ClN3S/c1-8-7-18-13(15-8)12-16-10(6-11(14)17-12)9-4-2-3-5-9/h6-7,9H,2-5H2,1H3. The molecule has 1 saturated carbocycles. The van der Waals surface area contributed by atoms with Gasteiger partial charge in [-0.2, -0.15) is 0 Å². The molecule has 0 amide bonds. The number of aryl methyl sites for hydroxylation is 1. The predicted molar refractivity (Wildman–Crippen MR) is 74.1 cm³/mol. The van der Waals surface area contributed by atoms with Crippen LogP contribution in [-0.2, 0) is 0 Å². The minimum absolute atomic E-state index is 0.523. The quantitative estimate of drug-likeness (QED) is 0.773. The van der Waals surface area contributed by atoms with Gasteiger partial charge in [-0.05, 0) is 25.8 Å². The van der Waals surface area contributed by atoms with Gasteiger partial charge in [0.05, 0.1) is 0 Å². The topological polar surface area (TPSA) is 38.7 Å². The third-order valence-corrected chi connectivity index (χ3v) is 4.45. The Balaban J connectivity index is 1.99. The highest BCUT2D eigenvalue weighted by atomic mass is 35.5. The molecule has 18 heavy (non-hydrogen) atoms. The molecule has 0 radical (unpaired) electrons. The summed E-state index contributed by atoms with van der Waals surface area (Å²) in [5.41, 5.74) is 2.08. The van der Waals surface area contributed by atoms with Gasteiger partial charge in [0.15, 0.2) is 10.8 Å². The molecule has 0 atom stereocenters. The van der Waals surface area contributed by atoms with Crippen molar-refractivity contribution in [2.45, 2.75) is 38.5 Å². The van der Waals surface area contributed by atoms with Crippen molar-refractivity contribution >= 4 is 22.9 Å². The molecule has 2 heterocycles. The summed E-state index contributed by atoms with van der Waals surface area (Å²) in [7, 11) is 0. The monoisotopic (exact) mass is 279 g/mol. The second-order valence-corrected chi connectivity index (χ2v) is 5.96. The number of hydrogen-bond acceptors (Lipinski definition) is 4. The average Bonchev–Trinajstić information content (AvgIpc) is 2.98. The smallest absolute Gasteiger partial charge is 0.190 e. The van der Waals surface area contributed by atoms with Crippen LogP contribution in [0, 0.1) is 6.92 Å². The Bertz CT molecular complexity index is 561. The Labute approximate surface area is 115 Å². The minimum atomic E-state index is 0.523. The molecule has 0 aromatic carbocycles. The summed E-state index contributed by atoms with van der Waals surface area (Å²) >= 11 is 7.68. The van der Waals surface area contributed by atoms with Crippen molar-refractivity contribution in [1.82, 2.24) is 15.0 Å². The predicted octanol–water partition coefficient (Wildman–Crippen LogP) is 4.22. The largest absolute Gasteiger partial charge is 0.238 e. The van der Waals surface area contributed by atoms with Crippen molar-refractivity contribution in [3.63, 3.8) is 0 Å². The van der Waals surface area contributed by atoms with Crippen molar-refractivity contribution in [1.29, 1.82) is 0 Å². The van der Waals surface area contributed by atoms with E-state index in [9.17, 15) is 0 Å². The number of halogens is 1. The fraction of sp³-hybridized carbons (Fsp3) is 0.462. The van der Waals surface area contributed by atoms with Crippen LogP contribution in [0.3, 0.4) is 0 Å². The zero-order valence-corrected chi connectivity index (χ0v) is 11.8. The maximum absolute atomic E-state index is 6.11. The van der Waals surface area contributed by atoms with Crippen molar-refractivity contribution in [2.24, 2.45) is 0 Å². The summed E-state index contributed by atoms with van der Waals surface area (Å²) in [5, 5.41) is 3.39. The van der Waals surface area contributed by atoms with E-state index in [1.54, 1.807) is 11.3 Å². The minimum Gasteiger partial charge on any atom is -0.238 e. The third kappa shape index (κ3) is 2.40. The number of thiazole rings is 1. The van der Waals surface area contributed by atoms with Gasteiger partial charge in [-0.1, -0.05) is 24.4 Å². The van der Waals surface area contributed by atoms with Crippen LogP contribution in [0.5, 0.6) is 0 Å². The summed E-state index contributed by atoms with van der Waals surface area (Å²) in [6.45, 7) is 1.97. The molecule has 0 aliphatic heterocycles. The first-order valence-electron chi connectivity index (χ1n) is 6.19. The molecule has 5 heteroatoms. The summed E-state index contributed by atoms with van der Waals surface area (Å²) in [5.74, 6) is 1.22. The highest BCUT2D eigenvalue weighted by molar-refractivity contribution is 7.13. The van der Waals surface area contributed by atoms with Crippen LogP contribution in [0.4, 0.5) is 0 Å². The van der Waals surface area contributed by atoms with Crippen LogP contribution < -0.4 is 0 Å². The van der Waals surface area contributed by atoms with Gasteiger partial charge in [-0.15, -0.1) is 11.3 Å². The average molecular weight is 280 g/mol. The van der Waals surface area contributed by atoms with Crippen LogP contribution in [-0.4, -0.2) is 15.0 Å². The van der Waals surface area contributed by atoms with E-state index in [4.69, 9.17) is 11.6 Å². The van der Waals surface area contributed by atoms with Gasteiger partial charge in [-0.25, -0.2) is 15.0 Å². The summed E-state index contributed by atoms with van der Waals surface area (Å²) in [4.78, 5) is 13.4. The van der Waals surface area contributed by atoms with Crippen LogP contribution >= 0.6 is 22.9 Å². The molecule has 1 aliphatic rings. The lowest BCUT2D eigenvalue weighted by molar-refractivity contribution is 0.695. The molecule has 0 spiro atoms. The summed E-state index contributed by atoms with van der Waals surface area (Å²) < 4.78 is 0. The van der Waals surface area contributed by atoms with E-state index < -0.39 is 0 Å². The van der Waals surface area contributed by atoms with E-state index in [-0.39, 0.29) is 0 Å². The van der Waals surface area contributed by atoms with Gasteiger partial charge < -0.3 is 0 Å². The van der Waals surface area contributed by atoms with Gasteiger partial charge in [0.2, 0.25) is 0 Å². The highest BCUT2D eigenvalue weighted by Gasteiger charge is 2.20. The lowest BCUT2D eigenvalue weighted by Crippen LogP contribution is -2.00. The van der Waals surface area contributed by atoms with E-state index in [1.165, 1.54) is 25.7 Å². The fourth-order valence-corrected chi connectivity index (χ4v) is 3.34. The van der Waals surface area contributed by atoms with E-state index in [1.807, 2.05) is 18.4 Å². The van der Waals surface area contributed by atoms with Crippen LogP contribution in [0.2, 0.25) is 5.15 Å². The first kappa shape index (κ1) is 12.1. The molecule has 0 saturated heterocycles. The lowest BCUT2D eigenvalue weighted by Gasteiger charge is -2.09. The van der Waals surface area contributed by atoms with Gasteiger partial charge >= 0.3 is 0 Å². The maximum Gasteiger partial charge on any atom is 0.190 e. The third-order valence-electron chi connectivity index (χ3n) is 3.30. The summed E-state index contributed by atoms with van der Waals surface area (Å²) in [6.07, 6.45) is 5.00. The lowest BCUT2D eigenvalue weighted by atomic mass is 10.0. The molecule has 1 fully saturated rings. The highest BCUT2D eigenvalue weighted by Crippen LogP contribution is 2.34. The van der Waals surface area contributed by atoms with Gasteiger partial charge in [-0.3, -0.25) is 0 Å². The van der Waals surface area contributed by atoms with E-state index in [2.05, 4.69) is 15.0 Å². The normalized spacial score (nSPS) is 16.3. The fourth-order valence-electron chi connectivity index (χ4n) is 2.42. The Morgan fingerprint density at radius 3 is 2.67 bits per heavy atom. The van der Waals surface area contributed by atoms with Crippen molar-refractivity contribution < 1.29 is 0 Å². The molecule has 0 unspecified atom stereocenters. The van der Waals surface area contributed by atoms with Crippen LogP contribution in [0.15, 0.2) is 11.4 Å². The number of nitrogens with zero attached hydrogens (tertiary/aromatic N) is 3. The molecule has 0 N–H and O–H groups in total. The van der Waals surface area contributed by atoms with Gasteiger partial charge in [0.25, 0.3) is 0 Å². The first-order valence-corrected chi connectivity index (χ1v) is 7.45. The molecule has 3 rings (SSSR count). The molecular formula is C13H14ClN3S. The SMILES string of the molecule is Cc1csc(-c2nc(Cl)cc(C3CCCC3)n2)n1.